The van der Waals surface area contributed by atoms with Crippen LogP contribution in [0.4, 0.5) is 0 Å². The normalized spacial score (nSPS) is 23.5. The fourth-order valence-electron chi connectivity index (χ4n) is 2.86. The van der Waals surface area contributed by atoms with Gasteiger partial charge in [0.05, 0.1) is 15.4 Å². The van der Waals surface area contributed by atoms with Crippen LogP contribution in [0.3, 0.4) is 0 Å². The molecule has 1 aromatic rings. The molecule has 0 nitrogen and oxygen atoms in total. The Morgan fingerprint density at radius 3 is 1.94 bits per heavy atom. The molecule has 0 amide bonds. The van der Waals surface area contributed by atoms with E-state index in [-0.39, 0.29) is 16.2 Å². The molecule has 1 aliphatic rings. The molecule has 0 bridgehead atoms. The maximum atomic E-state index is 6.60. The van der Waals surface area contributed by atoms with Crippen molar-refractivity contribution in [2.45, 2.75) is 33.1 Å². The highest BCUT2D eigenvalue weighted by molar-refractivity contribution is 6.42. The molecule has 1 saturated carbocycles. The standard InChI is InChI=1S/C14H17Cl3/c1-13(2)12(14(13,3)4)11(17)8-5-6-9(15)10(16)7-8/h5-7,11-12H,1-4H3. The number of rotatable bonds is 2. The van der Waals surface area contributed by atoms with Crippen LogP contribution in [-0.4, -0.2) is 0 Å². The van der Waals surface area contributed by atoms with E-state index in [1.54, 1.807) is 0 Å². The Bertz CT molecular complexity index is 435. The Morgan fingerprint density at radius 1 is 1.00 bits per heavy atom. The van der Waals surface area contributed by atoms with E-state index in [1.165, 1.54) is 0 Å². The summed E-state index contributed by atoms with van der Waals surface area (Å²) in [5.41, 5.74) is 1.60. The van der Waals surface area contributed by atoms with E-state index in [9.17, 15) is 0 Å². The SMILES string of the molecule is CC1(C)C(C(Cl)c2ccc(Cl)c(Cl)c2)C1(C)C. The van der Waals surface area contributed by atoms with Crippen LogP contribution in [0.5, 0.6) is 0 Å². The fraction of sp³-hybridized carbons (Fsp3) is 0.571. The largest absolute Gasteiger partial charge is 0.117 e. The van der Waals surface area contributed by atoms with Gasteiger partial charge in [-0.05, 0) is 34.4 Å². The molecule has 0 radical (unpaired) electrons. The molecule has 0 N–H and O–H groups in total. The Hall–Kier alpha value is 0.0900. The van der Waals surface area contributed by atoms with Crippen molar-refractivity contribution in [1.82, 2.24) is 0 Å². The zero-order chi connectivity index (χ0) is 13.0. The topological polar surface area (TPSA) is 0 Å². The van der Waals surface area contributed by atoms with Gasteiger partial charge in [-0.1, -0.05) is 57.0 Å². The summed E-state index contributed by atoms with van der Waals surface area (Å²) >= 11 is 18.5. The second kappa shape index (κ2) is 4.05. The van der Waals surface area contributed by atoms with Gasteiger partial charge < -0.3 is 0 Å². The van der Waals surface area contributed by atoms with Gasteiger partial charge in [-0.2, -0.15) is 0 Å². The summed E-state index contributed by atoms with van der Waals surface area (Å²) in [6.45, 7) is 9.07. The third kappa shape index (κ3) is 1.99. The van der Waals surface area contributed by atoms with Crippen molar-refractivity contribution < 1.29 is 0 Å². The molecule has 1 atom stereocenters. The lowest BCUT2D eigenvalue weighted by molar-refractivity contribution is 0.457. The van der Waals surface area contributed by atoms with Crippen LogP contribution in [0.15, 0.2) is 18.2 Å². The van der Waals surface area contributed by atoms with E-state index in [0.717, 1.165) is 5.56 Å². The summed E-state index contributed by atoms with van der Waals surface area (Å²) in [4.78, 5) is 0. The molecule has 0 aromatic heterocycles. The molecule has 0 heterocycles. The van der Waals surface area contributed by atoms with Gasteiger partial charge in [-0.3, -0.25) is 0 Å². The molecule has 1 fully saturated rings. The summed E-state index contributed by atoms with van der Waals surface area (Å²) in [5, 5.41) is 1.15. The third-order valence-electron chi connectivity index (χ3n) is 4.69. The van der Waals surface area contributed by atoms with Gasteiger partial charge in [0.2, 0.25) is 0 Å². The van der Waals surface area contributed by atoms with Gasteiger partial charge in [0.1, 0.15) is 0 Å². The van der Waals surface area contributed by atoms with Gasteiger partial charge >= 0.3 is 0 Å². The molecule has 1 unspecified atom stereocenters. The number of halogens is 3. The smallest absolute Gasteiger partial charge is 0.0624 e. The van der Waals surface area contributed by atoms with E-state index < -0.39 is 0 Å². The monoisotopic (exact) mass is 290 g/mol. The Balaban J connectivity index is 2.28. The highest BCUT2D eigenvalue weighted by Gasteiger charge is 2.67. The summed E-state index contributed by atoms with van der Waals surface area (Å²) in [6.07, 6.45) is 0. The van der Waals surface area contributed by atoms with Crippen LogP contribution >= 0.6 is 34.8 Å². The summed E-state index contributed by atoms with van der Waals surface area (Å²) < 4.78 is 0. The molecule has 2 rings (SSSR count). The van der Waals surface area contributed by atoms with Crippen molar-refractivity contribution in [3.8, 4) is 0 Å². The number of hydrogen-bond acceptors (Lipinski definition) is 0. The molecule has 0 aliphatic heterocycles. The van der Waals surface area contributed by atoms with Gasteiger partial charge in [-0.25, -0.2) is 0 Å². The third-order valence-corrected chi connectivity index (χ3v) is 5.93. The van der Waals surface area contributed by atoms with E-state index in [1.807, 2.05) is 18.2 Å². The van der Waals surface area contributed by atoms with E-state index in [0.29, 0.717) is 16.0 Å². The zero-order valence-corrected chi connectivity index (χ0v) is 12.8. The fourth-order valence-corrected chi connectivity index (χ4v) is 3.93. The second-order valence-corrected chi connectivity index (χ2v) is 7.28. The zero-order valence-electron chi connectivity index (χ0n) is 10.5. The molecular formula is C14H17Cl3. The van der Waals surface area contributed by atoms with Crippen LogP contribution in [0.2, 0.25) is 10.0 Å². The Labute approximate surface area is 118 Å². The minimum atomic E-state index is -0.00485. The van der Waals surface area contributed by atoms with E-state index >= 15 is 0 Å². The van der Waals surface area contributed by atoms with Crippen LogP contribution in [0, 0.1) is 16.7 Å². The molecule has 3 heteroatoms. The number of benzene rings is 1. The molecule has 1 aromatic carbocycles. The summed E-state index contributed by atoms with van der Waals surface area (Å²) in [5.74, 6) is 0.467. The van der Waals surface area contributed by atoms with Gasteiger partial charge in [0, 0.05) is 0 Å². The highest BCUT2D eigenvalue weighted by atomic mass is 35.5. The van der Waals surface area contributed by atoms with Crippen molar-refractivity contribution in [3.63, 3.8) is 0 Å². The predicted molar refractivity (Wildman–Crippen MR) is 76.1 cm³/mol. The van der Waals surface area contributed by atoms with Crippen LogP contribution in [-0.2, 0) is 0 Å². The van der Waals surface area contributed by atoms with Gasteiger partial charge in [0.15, 0.2) is 0 Å². The first-order valence-corrected chi connectivity index (χ1v) is 6.98. The first-order valence-electron chi connectivity index (χ1n) is 5.78. The minimum Gasteiger partial charge on any atom is -0.117 e. The van der Waals surface area contributed by atoms with Crippen LogP contribution < -0.4 is 0 Å². The molecule has 17 heavy (non-hydrogen) atoms. The average molecular weight is 292 g/mol. The minimum absolute atomic E-state index is 0.00485. The van der Waals surface area contributed by atoms with Gasteiger partial charge in [0.25, 0.3) is 0 Å². The van der Waals surface area contributed by atoms with Crippen LogP contribution in [0.25, 0.3) is 0 Å². The number of hydrogen-bond donors (Lipinski definition) is 0. The average Bonchev–Trinajstić information content (AvgIpc) is 2.61. The Kier molecular flexibility index (Phi) is 3.22. The summed E-state index contributed by atoms with van der Waals surface area (Å²) in [6, 6.07) is 5.67. The highest BCUT2D eigenvalue weighted by Crippen LogP contribution is 2.73. The predicted octanol–water partition coefficient (Wildman–Crippen LogP) is 5.96. The summed E-state index contributed by atoms with van der Waals surface area (Å²) in [7, 11) is 0. The van der Waals surface area contributed by atoms with Crippen molar-refractivity contribution in [3.05, 3.63) is 33.8 Å². The van der Waals surface area contributed by atoms with Gasteiger partial charge in [-0.15, -0.1) is 11.6 Å². The first kappa shape index (κ1) is 13.5. The maximum Gasteiger partial charge on any atom is 0.0624 e. The van der Waals surface area contributed by atoms with Crippen LogP contribution in [0.1, 0.15) is 38.6 Å². The lowest BCUT2D eigenvalue weighted by Gasteiger charge is -2.12. The van der Waals surface area contributed by atoms with E-state index in [2.05, 4.69) is 27.7 Å². The van der Waals surface area contributed by atoms with Crippen molar-refractivity contribution >= 4 is 34.8 Å². The van der Waals surface area contributed by atoms with E-state index in [4.69, 9.17) is 34.8 Å². The lowest BCUT2D eigenvalue weighted by Crippen LogP contribution is -1.99. The molecule has 0 spiro atoms. The Morgan fingerprint density at radius 2 is 1.53 bits per heavy atom. The molecule has 0 saturated heterocycles. The molecule has 1 aliphatic carbocycles. The number of alkyl halides is 1. The first-order chi connectivity index (χ1) is 7.69. The molecule has 94 valence electrons. The lowest BCUT2D eigenvalue weighted by atomic mass is 10.0. The second-order valence-electron chi connectivity index (χ2n) is 6.00. The van der Waals surface area contributed by atoms with Crippen molar-refractivity contribution in [2.75, 3.05) is 0 Å². The van der Waals surface area contributed by atoms with Crippen molar-refractivity contribution in [2.24, 2.45) is 16.7 Å². The maximum absolute atomic E-state index is 6.60. The van der Waals surface area contributed by atoms with Crippen molar-refractivity contribution in [1.29, 1.82) is 0 Å². The quantitative estimate of drug-likeness (QED) is 0.590. The molecular weight excluding hydrogens is 275 g/mol.